The molecule has 0 bridgehead atoms. The van der Waals surface area contributed by atoms with Crippen molar-refractivity contribution >= 4 is 23.3 Å². The number of aliphatic hydroxyl groups excluding tert-OH is 1. The van der Waals surface area contributed by atoms with Crippen LogP contribution in [0.15, 0.2) is 35.3 Å². The van der Waals surface area contributed by atoms with E-state index in [0.717, 1.165) is 10.6 Å². The number of aliphatic imine (C=N–C) groups is 1. The van der Waals surface area contributed by atoms with Crippen LogP contribution in [0.2, 0.25) is 0 Å². The normalized spacial score (nSPS) is 13.6. The van der Waals surface area contributed by atoms with E-state index >= 15 is 0 Å². The molecule has 7 nitrogen and oxygen atoms in total. The second-order valence-electron chi connectivity index (χ2n) is 6.62. The van der Waals surface area contributed by atoms with Crippen molar-refractivity contribution in [3.8, 4) is 0 Å². The van der Waals surface area contributed by atoms with Gasteiger partial charge in [-0.25, -0.2) is 9.78 Å². The number of hydrogen-bond donors (Lipinski definition) is 3. The molecule has 0 fully saturated rings. The molecule has 0 radical (unpaired) electrons. The second-order valence-corrected chi connectivity index (χ2v) is 7.65. The maximum absolute atomic E-state index is 12.0. The number of benzene rings is 1. The summed E-state index contributed by atoms with van der Waals surface area (Å²) in [5, 5.41) is 17.5. The van der Waals surface area contributed by atoms with Crippen molar-refractivity contribution in [1.29, 1.82) is 0 Å². The summed E-state index contributed by atoms with van der Waals surface area (Å²) in [6, 6.07) is 9.70. The van der Waals surface area contributed by atoms with Gasteiger partial charge in [0, 0.05) is 13.0 Å². The van der Waals surface area contributed by atoms with E-state index in [1.807, 2.05) is 44.2 Å². The summed E-state index contributed by atoms with van der Waals surface area (Å²) in [7, 11) is 0. The highest BCUT2D eigenvalue weighted by molar-refractivity contribution is 7.13. The van der Waals surface area contributed by atoms with Crippen molar-refractivity contribution in [2.24, 2.45) is 4.99 Å². The molecule has 1 aromatic heterocycles. The highest BCUT2D eigenvalue weighted by atomic mass is 32.1. The minimum atomic E-state index is -0.569. The van der Waals surface area contributed by atoms with Crippen molar-refractivity contribution < 1.29 is 14.6 Å². The molecule has 0 aliphatic rings. The van der Waals surface area contributed by atoms with Crippen molar-refractivity contribution in [2.75, 3.05) is 19.7 Å². The molecule has 0 aliphatic carbocycles. The Hall–Kier alpha value is -2.45. The fourth-order valence-corrected chi connectivity index (χ4v) is 3.69. The van der Waals surface area contributed by atoms with E-state index in [-0.39, 0.29) is 18.6 Å². The first-order valence-electron chi connectivity index (χ1n) is 9.85. The monoisotopic (exact) mass is 418 g/mol. The number of hydrogen-bond acceptors (Lipinski definition) is 6. The maximum atomic E-state index is 12.0. The van der Waals surface area contributed by atoms with Crippen LogP contribution in [0.5, 0.6) is 0 Å². The van der Waals surface area contributed by atoms with E-state index < -0.39 is 6.10 Å². The van der Waals surface area contributed by atoms with E-state index in [1.165, 1.54) is 11.3 Å². The lowest BCUT2D eigenvalue weighted by Gasteiger charge is -2.17. The number of nitrogens with zero attached hydrogens (tertiary/aromatic N) is 2. The third-order valence-corrected chi connectivity index (χ3v) is 5.44. The van der Waals surface area contributed by atoms with E-state index in [4.69, 9.17) is 4.74 Å². The molecule has 2 unspecified atom stereocenters. The quantitative estimate of drug-likeness (QED) is 0.329. The van der Waals surface area contributed by atoms with Crippen LogP contribution in [-0.2, 0) is 11.2 Å². The Morgan fingerprint density at radius 3 is 2.69 bits per heavy atom. The molecular formula is C21H30N4O3S. The molecule has 2 atom stereocenters. The maximum Gasteiger partial charge on any atom is 0.350 e. The largest absolute Gasteiger partial charge is 0.462 e. The number of carbonyl (C=O) groups excluding carboxylic acids is 1. The Morgan fingerprint density at radius 1 is 1.31 bits per heavy atom. The van der Waals surface area contributed by atoms with Gasteiger partial charge in [0.1, 0.15) is 9.88 Å². The van der Waals surface area contributed by atoms with Gasteiger partial charge in [-0.15, -0.1) is 11.3 Å². The van der Waals surface area contributed by atoms with Gasteiger partial charge in [0.2, 0.25) is 0 Å². The Labute approximate surface area is 176 Å². The average Bonchev–Trinajstić information content (AvgIpc) is 3.09. The number of guanidine groups is 1. The molecule has 8 heteroatoms. The van der Waals surface area contributed by atoms with Crippen LogP contribution in [0, 0.1) is 6.92 Å². The molecule has 1 aromatic carbocycles. The summed E-state index contributed by atoms with van der Waals surface area (Å²) < 4.78 is 5.08. The van der Waals surface area contributed by atoms with Crippen LogP contribution < -0.4 is 10.6 Å². The fourth-order valence-electron chi connectivity index (χ4n) is 2.72. The highest BCUT2D eigenvalue weighted by Gasteiger charge is 2.20. The summed E-state index contributed by atoms with van der Waals surface area (Å²) in [5.74, 6) is 0.253. The number of aryl methyl sites for hydroxylation is 1. The molecule has 0 aliphatic heterocycles. The summed E-state index contributed by atoms with van der Waals surface area (Å²) in [5.41, 5.74) is 1.74. The molecule has 29 heavy (non-hydrogen) atoms. The van der Waals surface area contributed by atoms with Gasteiger partial charge in [0.15, 0.2) is 5.96 Å². The smallest absolute Gasteiger partial charge is 0.350 e. The number of carbonyl (C=O) groups is 1. The molecule has 0 amide bonds. The number of nitrogens with one attached hydrogen (secondary N) is 2. The van der Waals surface area contributed by atoms with Gasteiger partial charge in [-0.1, -0.05) is 30.3 Å². The number of aliphatic hydroxyl groups is 1. The molecule has 2 aromatic rings. The summed E-state index contributed by atoms with van der Waals surface area (Å²) in [6.07, 6.45) is -0.0193. The van der Waals surface area contributed by atoms with E-state index in [0.29, 0.717) is 36.1 Å². The Bertz CT molecular complexity index is 808. The molecule has 158 valence electrons. The second kappa shape index (κ2) is 11.5. The molecular weight excluding hydrogens is 388 g/mol. The van der Waals surface area contributed by atoms with E-state index in [2.05, 4.69) is 20.6 Å². The predicted molar refractivity (Wildman–Crippen MR) is 116 cm³/mol. The van der Waals surface area contributed by atoms with Gasteiger partial charge in [0.05, 0.1) is 31.0 Å². The van der Waals surface area contributed by atoms with Gasteiger partial charge >= 0.3 is 5.97 Å². The zero-order valence-electron chi connectivity index (χ0n) is 17.4. The van der Waals surface area contributed by atoms with E-state index in [1.54, 1.807) is 13.8 Å². The predicted octanol–water partition coefficient (Wildman–Crippen LogP) is 2.85. The van der Waals surface area contributed by atoms with Gasteiger partial charge in [-0.05, 0) is 33.3 Å². The first-order chi connectivity index (χ1) is 13.9. The zero-order chi connectivity index (χ0) is 21.2. The Balaban J connectivity index is 2.00. The van der Waals surface area contributed by atoms with Crippen molar-refractivity contribution in [3.05, 3.63) is 51.5 Å². The van der Waals surface area contributed by atoms with Crippen LogP contribution in [0.3, 0.4) is 0 Å². The van der Waals surface area contributed by atoms with E-state index in [9.17, 15) is 9.90 Å². The lowest BCUT2D eigenvalue weighted by molar-refractivity contribution is 0.0531. The van der Waals surface area contributed by atoms with Crippen LogP contribution in [0.1, 0.15) is 52.7 Å². The molecule has 0 saturated heterocycles. The molecule has 3 N–H and O–H groups in total. The fraction of sp³-hybridized carbons (Fsp3) is 0.476. The first kappa shape index (κ1) is 22.8. The van der Waals surface area contributed by atoms with Crippen LogP contribution in [0.4, 0.5) is 0 Å². The molecule has 0 saturated carbocycles. The first-order valence-corrected chi connectivity index (χ1v) is 10.7. The number of ether oxygens (including phenoxy) is 1. The number of thiazole rings is 1. The Morgan fingerprint density at radius 2 is 2.03 bits per heavy atom. The summed E-state index contributed by atoms with van der Waals surface area (Å²) >= 11 is 1.32. The van der Waals surface area contributed by atoms with Gasteiger partial charge in [0.25, 0.3) is 0 Å². The number of esters is 1. The van der Waals surface area contributed by atoms with Crippen LogP contribution in [0.25, 0.3) is 0 Å². The molecule has 1 heterocycles. The van der Waals surface area contributed by atoms with Gasteiger partial charge in [-0.3, -0.25) is 4.99 Å². The topological polar surface area (TPSA) is 95.8 Å². The zero-order valence-corrected chi connectivity index (χ0v) is 18.3. The molecule has 2 rings (SSSR count). The third-order valence-electron chi connectivity index (χ3n) is 4.12. The lowest BCUT2D eigenvalue weighted by Crippen LogP contribution is -2.39. The summed E-state index contributed by atoms with van der Waals surface area (Å²) in [6.45, 7) is 8.83. The minimum absolute atomic E-state index is 0.147. The average molecular weight is 419 g/mol. The lowest BCUT2D eigenvalue weighted by atomic mass is 10.1. The number of rotatable bonds is 9. The highest BCUT2D eigenvalue weighted by Crippen LogP contribution is 2.24. The van der Waals surface area contributed by atoms with Crippen LogP contribution >= 0.6 is 11.3 Å². The summed E-state index contributed by atoms with van der Waals surface area (Å²) in [4.78, 5) is 21.5. The Kier molecular flexibility index (Phi) is 9.08. The minimum Gasteiger partial charge on any atom is -0.462 e. The SMILES string of the molecule is CCNC(=NCC(O)Cc1ccccc1)NC(C)c1nc(C)c(C(=O)OCC)s1. The van der Waals surface area contributed by atoms with Gasteiger partial charge in [-0.2, -0.15) is 0 Å². The standard InChI is InChI=1S/C21H30N4O3S/c1-5-22-21(23-13-17(26)12-16-10-8-7-9-11-16)25-15(4)19-24-14(3)18(29-19)20(27)28-6-2/h7-11,15,17,26H,5-6,12-13H2,1-4H3,(H2,22,23,25). The number of aromatic nitrogens is 1. The van der Waals surface area contributed by atoms with Crippen molar-refractivity contribution in [2.45, 2.75) is 46.3 Å². The third kappa shape index (κ3) is 7.14. The van der Waals surface area contributed by atoms with Crippen LogP contribution in [-0.4, -0.2) is 47.8 Å². The van der Waals surface area contributed by atoms with Gasteiger partial charge < -0.3 is 20.5 Å². The van der Waals surface area contributed by atoms with Crippen molar-refractivity contribution in [3.63, 3.8) is 0 Å². The van der Waals surface area contributed by atoms with Crippen molar-refractivity contribution in [1.82, 2.24) is 15.6 Å². The molecule has 0 spiro atoms.